The van der Waals surface area contributed by atoms with Crippen molar-refractivity contribution >= 4 is 28.7 Å². The van der Waals surface area contributed by atoms with Crippen molar-refractivity contribution in [2.24, 2.45) is 0 Å². The maximum atomic E-state index is 8.24. The van der Waals surface area contributed by atoms with Gasteiger partial charge in [-0.05, 0) is 46.4 Å². The number of nitrogens with zero attached hydrogens (tertiary/aromatic N) is 1. The van der Waals surface area contributed by atoms with Crippen molar-refractivity contribution in [1.82, 2.24) is 0 Å². The van der Waals surface area contributed by atoms with E-state index in [1.807, 2.05) is 30.3 Å². The van der Waals surface area contributed by atoms with E-state index in [9.17, 15) is 0 Å². The molecule has 1 nitrogen and oxygen atoms in total. The van der Waals surface area contributed by atoms with E-state index in [0.29, 0.717) is 0 Å². The summed E-state index contributed by atoms with van der Waals surface area (Å²) in [6.45, 7) is 0. The number of rotatable bonds is 1. The molecule has 0 unspecified atom stereocenters. The summed E-state index contributed by atoms with van der Waals surface area (Å²) in [6, 6.07) is 9.93. The molecule has 0 saturated carbocycles. The molecular formula is C9H6IN. The topological polar surface area (TPSA) is 23.8 Å². The summed E-state index contributed by atoms with van der Waals surface area (Å²) < 4.78 is 1.21. The van der Waals surface area contributed by atoms with Crippen molar-refractivity contribution in [3.63, 3.8) is 0 Å². The SMILES string of the molecule is N#CC=Cc1ccc(I)cc1. The van der Waals surface area contributed by atoms with E-state index >= 15 is 0 Å². The minimum absolute atomic E-state index is 1.06. The van der Waals surface area contributed by atoms with Gasteiger partial charge in [-0.3, -0.25) is 0 Å². The van der Waals surface area contributed by atoms with Crippen LogP contribution in [-0.4, -0.2) is 0 Å². The molecule has 0 aliphatic rings. The lowest BCUT2D eigenvalue weighted by atomic mass is 10.2. The van der Waals surface area contributed by atoms with Gasteiger partial charge in [0.1, 0.15) is 0 Å². The van der Waals surface area contributed by atoms with Gasteiger partial charge < -0.3 is 0 Å². The first-order chi connectivity index (χ1) is 5.33. The van der Waals surface area contributed by atoms with Crippen LogP contribution in [0, 0.1) is 14.9 Å². The standard InChI is InChI=1S/C9H6IN/c10-9-5-3-8(4-6-9)2-1-7-11/h1-6H. The molecule has 0 radical (unpaired) electrons. The van der Waals surface area contributed by atoms with E-state index in [0.717, 1.165) is 5.56 Å². The van der Waals surface area contributed by atoms with Crippen molar-refractivity contribution in [1.29, 1.82) is 5.26 Å². The Morgan fingerprint density at radius 1 is 1.27 bits per heavy atom. The zero-order chi connectivity index (χ0) is 8.10. The third-order valence-electron chi connectivity index (χ3n) is 1.22. The van der Waals surface area contributed by atoms with Crippen LogP contribution in [0.3, 0.4) is 0 Å². The fourth-order valence-corrected chi connectivity index (χ4v) is 1.07. The molecule has 0 atom stereocenters. The summed E-state index contributed by atoms with van der Waals surface area (Å²) in [5.74, 6) is 0. The smallest absolute Gasteiger partial charge is 0.0912 e. The summed E-state index contributed by atoms with van der Waals surface area (Å²) in [5.41, 5.74) is 1.06. The van der Waals surface area contributed by atoms with Gasteiger partial charge in [0.05, 0.1) is 6.07 Å². The minimum Gasteiger partial charge on any atom is -0.193 e. The van der Waals surface area contributed by atoms with Crippen molar-refractivity contribution in [3.8, 4) is 6.07 Å². The third-order valence-corrected chi connectivity index (χ3v) is 1.94. The molecule has 11 heavy (non-hydrogen) atoms. The fourth-order valence-electron chi connectivity index (χ4n) is 0.707. The second-order valence-electron chi connectivity index (χ2n) is 2.01. The van der Waals surface area contributed by atoms with Gasteiger partial charge in [0.2, 0.25) is 0 Å². The van der Waals surface area contributed by atoms with Crippen molar-refractivity contribution < 1.29 is 0 Å². The second-order valence-corrected chi connectivity index (χ2v) is 3.26. The summed E-state index contributed by atoms with van der Waals surface area (Å²) in [7, 11) is 0. The van der Waals surface area contributed by atoms with Crippen LogP contribution in [0.5, 0.6) is 0 Å². The van der Waals surface area contributed by atoms with Gasteiger partial charge in [-0.1, -0.05) is 12.1 Å². The Labute approximate surface area is 79.5 Å². The van der Waals surface area contributed by atoms with Gasteiger partial charge in [0.25, 0.3) is 0 Å². The van der Waals surface area contributed by atoms with E-state index in [1.165, 1.54) is 9.65 Å². The number of hydrogen-bond acceptors (Lipinski definition) is 1. The molecule has 54 valence electrons. The van der Waals surface area contributed by atoms with Gasteiger partial charge in [-0.25, -0.2) is 0 Å². The van der Waals surface area contributed by atoms with E-state index in [1.54, 1.807) is 6.08 Å². The second kappa shape index (κ2) is 4.14. The van der Waals surface area contributed by atoms with Gasteiger partial charge in [-0.2, -0.15) is 5.26 Å². The Bertz CT molecular complexity index is 292. The first-order valence-corrected chi connectivity index (χ1v) is 4.22. The van der Waals surface area contributed by atoms with Gasteiger partial charge in [-0.15, -0.1) is 0 Å². The molecule has 1 rings (SSSR count). The molecule has 0 aliphatic heterocycles. The lowest BCUT2D eigenvalue weighted by Crippen LogP contribution is -1.71. The van der Waals surface area contributed by atoms with Gasteiger partial charge in [0, 0.05) is 9.65 Å². The molecule has 1 aromatic rings. The van der Waals surface area contributed by atoms with Crippen LogP contribution >= 0.6 is 22.6 Å². The molecule has 0 amide bonds. The van der Waals surface area contributed by atoms with E-state index in [2.05, 4.69) is 22.6 Å². The number of nitriles is 1. The highest BCUT2D eigenvalue weighted by Gasteiger charge is 1.85. The Morgan fingerprint density at radius 3 is 2.45 bits per heavy atom. The normalized spacial score (nSPS) is 9.82. The molecule has 0 heterocycles. The highest BCUT2D eigenvalue weighted by Crippen LogP contribution is 2.07. The molecule has 0 N–H and O–H groups in total. The van der Waals surface area contributed by atoms with Crippen LogP contribution in [0.2, 0.25) is 0 Å². The molecule has 0 bridgehead atoms. The summed E-state index contributed by atoms with van der Waals surface area (Å²) in [5, 5.41) is 8.24. The van der Waals surface area contributed by atoms with Crippen LogP contribution in [0.25, 0.3) is 6.08 Å². The average Bonchev–Trinajstić information content (AvgIpc) is 2.04. The molecule has 0 spiro atoms. The zero-order valence-electron chi connectivity index (χ0n) is 5.79. The first-order valence-electron chi connectivity index (χ1n) is 3.14. The van der Waals surface area contributed by atoms with E-state index < -0.39 is 0 Å². The maximum Gasteiger partial charge on any atom is 0.0912 e. The maximum absolute atomic E-state index is 8.24. The van der Waals surface area contributed by atoms with Crippen LogP contribution in [0.1, 0.15) is 5.56 Å². The monoisotopic (exact) mass is 255 g/mol. The molecule has 2 heteroatoms. The van der Waals surface area contributed by atoms with Gasteiger partial charge in [0.15, 0.2) is 0 Å². The lowest BCUT2D eigenvalue weighted by Gasteiger charge is -1.90. The predicted octanol–water partition coefficient (Wildman–Crippen LogP) is 2.83. The third kappa shape index (κ3) is 2.72. The Morgan fingerprint density at radius 2 is 1.91 bits per heavy atom. The molecule has 0 saturated heterocycles. The molecule has 0 aromatic heterocycles. The quantitative estimate of drug-likeness (QED) is 0.559. The van der Waals surface area contributed by atoms with Crippen LogP contribution in [-0.2, 0) is 0 Å². The van der Waals surface area contributed by atoms with Crippen LogP contribution < -0.4 is 0 Å². The Kier molecular flexibility index (Phi) is 3.12. The predicted molar refractivity (Wildman–Crippen MR) is 53.8 cm³/mol. The number of benzene rings is 1. The average molecular weight is 255 g/mol. The highest BCUT2D eigenvalue weighted by atomic mass is 127. The Hall–Kier alpha value is -0.820. The Balaban J connectivity index is 2.84. The number of halogens is 1. The minimum atomic E-state index is 1.06. The summed E-state index contributed by atoms with van der Waals surface area (Å²) >= 11 is 2.25. The van der Waals surface area contributed by atoms with Crippen LogP contribution in [0.15, 0.2) is 30.3 Å². The summed E-state index contributed by atoms with van der Waals surface area (Å²) in [6.07, 6.45) is 3.26. The van der Waals surface area contributed by atoms with E-state index in [4.69, 9.17) is 5.26 Å². The van der Waals surface area contributed by atoms with E-state index in [-0.39, 0.29) is 0 Å². The number of allylic oxidation sites excluding steroid dienone is 1. The van der Waals surface area contributed by atoms with Crippen molar-refractivity contribution in [3.05, 3.63) is 39.5 Å². The number of hydrogen-bond donors (Lipinski definition) is 0. The fraction of sp³-hybridized carbons (Fsp3) is 0. The molecule has 1 aromatic carbocycles. The van der Waals surface area contributed by atoms with Crippen molar-refractivity contribution in [2.45, 2.75) is 0 Å². The molecule has 0 aliphatic carbocycles. The lowest BCUT2D eigenvalue weighted by molar-refractivity contribution is 1.53. The molecule has 0 fully saturated rings. The zero-order valence-corrected chi connectivity index (χ0v) is 7.95. The largest absolute Gasteiger partial charge is 0.193 e. The van der Waals surface area contributed by atoms with Crippen LogP contribution in [0.4, 0.5) is 0 Å². The van der Waals surface area contributed by atoms with Gasteiger partial charge >= 0.3 is 0 Å². The highest BCUT2D eigenvalue weighted by molar-refractivity contribution is 14.1. The van der Waals surface area contributed by atoms with Crippen molar-refractivity contribution in [2.75, 3.05) is 0 Å². The first kappa shape index (κ1) is 8.28. The summed E-state index contributed by atoms with van der Waals surface area (Å²) in [4.78, 5) is 0. The molecular weight excluding hydrogens is 249 g/mol.